The van der Waals surface area contributed by atoms with Crippen molar-refractivity contribution in [3.05, 3.63) is 89.9 Å². The Hall–Kier alpha value is -3.24. The van der Waals surface area contributed by atoms with Gasteiger partial charge in [-0.25, -0.2) is 4.39 Å². The molecule has 3 nitrogen and oxygen atoms in total. The summed E-state index contributed by atoms with van der Waals surface area (Å²) in [6.07, 6.45) is 1.78. The molecule has 0 radical (unpaired) electrons. The van der Waals surface area contributed by atoms with Crippen molar-refractivity contribution in [3.8, 4) is 0 Å². The van der Waals surface area contributed by atoms with Crippen LogP contribution in [0.5, 0.6) is 0 Å². The molecule has 1 atom stereocenters. The first-order valence-electron chi connectivity index (χ1n) is 8.42. The number of aromatic nitrogens is 1. The predicted octanol–water partition coefficient (Wildman–Crippen LogP) is 5.32. The molecule has 3 aromatic carbocycles. The fourth-order valence-corrected chi connectivity index (χ4v) is 3.53. The summed E-state index contributed by atoms with van der Waals surface area (Å²) in [6.45, 7) is 0. The van der Waals surface area contributed by atoms with Crippen molar-refractivity contribution >= 4 is 32.8 Å². The molecule has 2 aromatic heterocycles. The molecule has 0 aliphatic carbocycles. The molecule has 0 bridgehead atoms. The largest absolute Gasteiger partial charge is 0.456 e. The monoisotopic (exact) mass is 342 g/mol. The number of hydrogen-bond donors (Lipinski definition) is 1. The summed E-state index contributed by atoms with van der Waals surface area (Å²) < 4.78 is 19.5. The summed E-state index contributed by atoms with van der Waals surface area (Å²) in [6, 6.07) is 20.0. The van der Waals surface area contributed by atoms with E-state index >= 15 is 0 Å². The van der Waals surface area contributed by atoms with Crippen molar-refractivity contribution in [2.24, 2.45) is 5.73 Å². The smallest absolute Gasteiger partial charge is 0.135 e. The lowest BCUT2D eigenvalue weighted by atomic mass is 9.95. The average Bonchev–Trinajstić information content (AvgIpc) is 3.04. The van der Waals surface area contributed by atoms with Crippen LogP contribution in [-0.4, -0.2) is 4.98 Å². The Kier molecular flexibility index (Phi) is 3.27. The van der Waals surface area contributed by atoms with Crippen molar-refractivity contribution in [3.63, 3.8) is 0 Å². The summed E-state index contributed by atoms with van der Waals surface area (Å²) in [5, 5.41) is 2.66. The molecule has 5 aromatic rings. The van der Waals surface area contributed by atoms with E-state index in [4.69, 9.17) is 10.2 Å². The lowest BCUT2D eigenvalue weighted by Gasteiger charge is -2.15. The zero-order chi connectivity index (χ0) is 17.7. The Balaban J connectivity index is 1.70. The van der Waals surface area contributed by atoms with E-state index in [2.05, 4.69) is 4.98 Å². The number of nitrogens with zero attached hydrogens (tertiary/aromatic N) is 1. The van der Waals surface area contributed by atoms with Crippen molar-refractivity contribution in [2.45, 2.75) is 6.04 Å². The van der Waals surface area contributed by atoms with Crippen LogP contribution in [-0.2, 0) is 0 Å². The predicted molar refractivity (Wildman–Crippen MR) is 101 cm³/mol. The fraction of sp³-hybridized carbons (Fsp3) is 0.0455. The maximum Gasteiger partial charge on any atom is 0.135 e. The molecular weight excluding hydrogens is 327 g/mol. The molecule has 0 aliphatic rings. The summed E-state index contributed by atoms with van der Waals surface area (Å²) in [5.74, 6) is -0.282. The second kappa shape index (κ2) is 5.64. The highest BCUT2D eigenvalue weighted by atomic mass is 19.1. The van der Waals surface area contributed by atoms with Crippen molar-refractivity contribution < 1.29 is 8.81 Å². The highest BCUT2D eigenvalue weighted by Gasteiger charge is 2.15. The number of para-hydroxylation sites is 1. The third kappa shape index (κ3) is 2.27. The average molecular weight is 342 g/mol. The first-order chi connectivity index (χ1) is 12.7. The number of hydrogen-bond acceptors (Lipinski definition) is 3. The molecule has 2 heterocycles. The molecule has 26 heavy (non-hydrogen) atoms. The van der Waals surface area contributed by atoms with Gasteiger partial charge in [0.25, 0.3) is 0 Å². The summed E-state index contributed by atoms with van der Waals surface area (Å²) in [7, 11) is 0. The van der Waals surface area contributed by atoms with Gasteiger partial charge in [-0.15, -0.1) is 0 Å². The van der Waals surface area contributed by atoms with E-state index in [-0.39, 0.29) is 11.9 Å². The van der Waals surface area contributed by atoms with Gasteiger partial charge in [0, 0.05) is 22.4 Å². The molecule has 126 valence electrons. The number of fused-ring (bicyclic) bond motifs is 4. The lowest BCUT2D eigenvalue weighted by Crippen LogP contribution is -2.12. The molecular formula is C22H15FN2O. The van der Waals surface area contributed by atoms with E-state index < -0.39 is 0 Å². The van der Waals surface area contributed by atoms with Crippen LogP contribution in [0.1, 0.15) is 17.2 Å². The van der Waals surface area contributed by atoms with E-state index in [1.165, 1.54) is 12.1 Å². The SMILES string of the molecule is NC(c1ccc2oc3ccc(F)cc3c2c1)c1ccnc2ccccc12. The summed E-state index contributed by atoms with van der Waals surface area (Å²) >= 11 is 0. The molecule has 0 saturated carbocycles. The van der Waals surface area contributed by atoms with Gasteiger partial charge in [-0.1, -0.05) is 24.3 Å². The Morgan fingerprint density at radius 1 is 0.846 bits per heavy atom. The van der Waals surface area contributed by atoms with E-state index in [9.17, 15) is 4.39 Å². The number of furan rings is 1. The third-order valence-corrected chi connectivity index (χ3v) is 4.83. The Morgan fingerprint density at radius 2 is 1.62 bits per heavy atom. The summed E-state index contributed by atoms with van der Waals surface area (Å²) in [4.78, 5) is 4.40. The first kappa shape index (κ1) is 15.0. The van der Waals surface area contributed by atoms with Crippen molar-refractivity contribution in [2.75, 3.05) is 0 Å². The van der Waals surface area contributed by atoms with E-state index in [0.29, 0.717) is 5.58 Å². The number of halogens is 1. The maximum atomic E-state index is 13.7. The molecule has 0 saturated heterocycles. The van der Waals surface area contributed by atoms with E-state index in [1.54, 1.807) is 12.3 Å². The lowest BCUT2D eigenvalue weighted by molar-refractivity contribution is 0.626. The van der Waals surface area contributed by atoms with Crippen LogP contribution in [0.15, 0.2) is 77.3 Å². The normalized spacial score (nSPS) is 12.8. The Bertz CT molecular complexity index is 1270. The molecule has 0 amide bonds. The Morgan fingerprint density at radius 3 is 2.50 bits per heavy atom. The molecule has 0 fully saturated rings. The van der Waals surface area contributed by atoms with E-state index in [1.807, 2.05) is 48.5 Å². The Labute approximate surface area is 148 Å². The standard InChI is InChI=1S/C22H15FN2O/c23-14-6-8-21-18(12-14)17-11-13(5-7-20(17)26-21)22(24)16-9-10-25-19-4-2-1-3-15(16)19/h1-12,22H,24H2. The minimum atomic E-state index is -0.314. The van der Waals surface area contributed by atoms with Gasteiger partial charge >= 0.3 is 0 Å². The molecule has 0 aliphatic heterocycles. The van der Waals surface area contributed by atoms with Gasteiger partial charge in [0.15, 0.2) is 0 Å². The van der Waals surface area contributed by atoms with Crippen LogP contribution in [0, 0.1) is 5.82 Å². The van der Waals surface area contributed by atoms with Crippen molar-refractivity contribution in [1.29, 1.82) is 0 Å². The molecule has 4 heteroatoms. The number of benzene rings is 3. The van der Waals surface area contributed by atoms with Gasteiger partial charge in [-0.2, -0.15) is 0 Å². The second-order valence-electron chi connectivity index (χ2n) is 6.39. The van der Waals surface area contributed by atoms with Crippen LogP contribution in [0.25, 0.3) is 32.8 Å². The molecule has 5 rings (SSSR count). The van der Waals surface area contributed by atoms with Gasteiger partial charge < -0.3 is 10.2 Å². The van der Waals surface area contributed by atoms with Gasteiger partial charge in [0.2, 0.25) is 0 Å². The highest BCUT2D eigenvalue weighted by molar-refractivity contribution is 6.05. The molecule has 1 unspecified atom stereocenters. The summed E-state index contributed by atoms with van der Waals surface area (Å²) in [5.41, 5.74) is 10.8. The third-order valence-electron chi connectivity index (χ3n) is 4.83. The number of pyridine rings is 1. The van der Waals surface area contributed by atoms with E-state index in [0.717, 1.165) is 38.4 Å². The van der Waals surface area contributed by atoms with Crippen LogP contribution in [0.4, 0.5) is 4.39 Å². The van der Waals surface area contributed by atoms with Gasteiger partial charge in [-0.05, 0) is 53.6 Å². The minimum Gasteiger partial charge on any atom is -0.456 e. The second-order valence-corrected chi connectivity index (χ2v) is 6.39. The van der Waals surface area contributed by atoms with Crippen LogP contribution < -0.4 is 5.73 Å². The quantitative estimate of drug-likeness (QED) is 0.472. The van der Waals surface area contributed by atoms with Crippen LogP contribution >= 0.6 is 0 Å². The van der Waals surface area contributed by atoms with Gasteiger partial charge in [0.05, 0.1) is 11.6 Å². The topological polar surface area (TPSA) is 52.0 Å². The zero-order valence-electron chi connectivity index (χ0n) is 13.8. The van der Waals surface area contributed by atoms with Crippen LogP contribution in [0.3, 0.4) is 0 Å². The van der Waals surface area contributed by atoms with Gasteiger partial charge in [-0.3, -0.25) is 4.98 Å². The number of nitrogens with two attached hydrogens (primary N) is 1. The fourth-order valence-electron chi connectivity index (χ4n) is 3.53. The number of rotatable bonds is 2. The van der Waals surface area contributed by atoms with Crippen molar-refractivity contribution in [1.82, 2.24) is 4.98 Å². The first-order valence-corrected chi connectivity index (χ1v) is 8.42. The maximum absolute atomic E-state index is 13.7. The minimum absolute atomic E-state index is 0.282. The van der Waals surface area contributed by atoms with Crippen LogP contribution in [0.2, 0.25) is 0 Å². The molecule has 0 spiro atoms. The molecule has 2 N–H and O–H groups in total. The van der Waals surface area contributed by atoms with Gasteiger partial charge in [0.1, 0.15) is 17.0 Å². The zero-order valence-corrected chi connectivity index (χ0v) is 13.8. The highest BCUT2D eigenvalue weighted by Crippen LogP contribution is 2.33.